The molecule has 1 amide bonds. The Labute approximate surface area is 212 Å². The van der Waals surface area contributed by atoms with E-state index in [4.69, 9.17) is 4.74 Å². The number of amides is 1. The number of ether oxygens (including phenoxy) is 1. The number of benzene rings is 1. The van der Waals surface area contributed by atoms with Crippen LogP contribution in [0.25, 0.3) is 11.1 Å². The number of anilines is 1. The molecule has 3 aliphatic carbocycles. The fraction of sp³-hybridized carbons (Fsp3) is 0.500. The van der Waals surface area contributed by atoms with Crippen LogP contribution >= 0.6 is 0 Å². The second-order valence-electron chi connectivity index (χ2n) is 9.82. The van der Waals surface area contributed by atoms with Crippen LogP contribution in [-0.2, 0) is 11.2 Å². The standard InChI is InChI=1S/C26H28F3N5O3/c1-2-36-24-30-12-18(13-31-24)17-7-6-8-19(11-17)34(23(35)25-14-26(29,15-25)16-25)10-5-3-4-9-20-32-22(21(27)28)37-33-20/h6-8,11-13,21H,2-5,9-10,14-16H2,1H3. The Morgan fingerprint density at radius 3 is 2.54 bits per heavy atom. The first-order valence-corrected chi connectivity index (χ1v) is 12.5. The minimum absolute atomic E-state index is 0.0492. The summed E-state index contributed by atoms with van der Waals surface area (Å²) in [6.45, 7) is 2.79. The number of nitrogens with zero attached hydrogens (tertiary/aromatic N) is 5. The fourth-order valence-corrected chi connectivity index (χ4v) is 5.23. The predicted octanol–water partition coefficient (Wildman–Crippen LogP) is 5.50. The van der Waals surface area contributed by atoms with E-state index in [0.717, 1.165) is 23.2 Å². The minimum atomic E-state index is -2.79. The summed E-state index contributed by atoms with van der Waals surface area (Å²) in [5.74, 6) is -0.476. The van der Waals surface area contributed by atoms with E-state index in [9.17, 15) is 18.0 Å². The zero-order chi connectivity index (χ0) is 26.0. The maximum atomic E-state index is 14.2. The third-order valence-electron chi connectivity index (χ3n) is 7.01. The van der Waals surface area contributed by atoms with Crippen molar-refractivity contribution in [1.82, 2.24) is 20.1 Å². The number of hydrogen-bond acceptors (Lipinski definition) is 7. The van der Waals surface area contributed by atoms with E-state index < -0.39 is 23.4 Å². The average molecular weight is 516 g/mol. The van der Waals surface area contributed by atoms with Gasteiger partial charge in [-0.3, -0.25) is 4.79 Å². The normalized spacial score (nSPS) is 21.9. The molecule has 3 aromatic rings. The van der Waals surface area contributed by atoms with Crippen LogP contribution in [0.5, 0.6) is 6.01 Å². The molecule has 2 bridgehead atoms. The number of aromatic nitrogens is 4. The molecule has 11 heteroatoms. The molecule has 2 aromatic heterocycles. The van der Waals surface area contributed by atoms with Gasteiger partial charge >= 0.3 is 12.4 Å². The molecule has 8 nitrogen and oxygen atoms in total. The molecule has 0 radical (unpaired) electrons. The zero-order valence-corrected chi connectivity index (χ0v) is 20.5. The number of unbranched alkanes of at least 4 members (excludes halogenated alkanes) is 2. The second-order valence-corrected chi connectivity index (χ2v) is 9.82. The molecule has 0 spiro atoms. The van der Waals surface area contributed by atoms with Crippen molar-refractivity contribution in [3.63, 3.8) is 0 Å². The predicted molar refractivity (Wildman–Crippen MR) is 128 cm³/mol. The lowest BCUT2D eigenvalue weighted by atomic mass is 9.42. The van der Waals surface area contributed by atoms with E-state index in [1.54, 1.807) is 17.3 Å². The van der Waals surface area contributed by atoms with Crippen molar-refractivity contribution in [2.24, 2.45) is 5.41 Å². The molecule has 0 saturated heterocycles. The van der Waals surface area contributed by atoms with Crippen LogP contribution in [0.3, 0.4) is 0 Å². The summed E-state index contributed by atoms with van der Waals surface area (Å²) in [6, 6.07) is 7.88. The minimum Gasteiger partial charge on any atom is -0.464 e. The van der Waals surface area contributed by atoms with E-state index in [0.29, 0.717) is 38.4 Å². The molecule has 2 heterocycles. The van der Waals surface area contributed by atoms with Crippen LogP contribution in [0.15, 0.2) is 41.2 Å². The van der Waals surface area contributed by atoms with E-state index >= 15 is 0 Å². The van der Waals surface area contributed by atoms with Crippen molar-refractivity contribution >= 4 is 11.6 Å². The van der Waals surface area contributed by atoms with Gasteiger partial charge in [-0.05, 0) is 56.7 Å². The lowest BCUT2D eigenvalue weighted by molar-refractivity contribution is -0.211. The van der Waals surface area contributed by atoms with Gasteiger partial charge < -0.3 is 14.2 Å². The molecule has 0 unspecified atom stereocenters. The molecule has 37 heavy (non-hydrogen) atoms. The Morgan fingerprint density at radius 1 is 1.14 bits per heavy atom. The molecular weight excluding hydrogens is 487 g/mol. The highest BCUT2D eigenvalue weighted by Gasteiger charge is 2.73. The molecule has 196 valence electrons. The maximum absolute atomic E-state index is 14.2. The molecule has 0 N–H and O–H groups in total. The number of carbonyl (C=O) groups is 1. The highest BCUT2D eigenvalue weighted by molar-refractivity contribution is 6.00. The fourth-order valence-electron chi connectivity index (χ4n) is 5.23. The molecule has 3 aliphatic rings. The largest absolute Gasteiger partial charge is 0.464 e. The lowest BCUT2D eigenvalue weighted by Crippen LogP contribution is -2.70. The number of rotatable bonds is 12. The lowest BCUT2D eigenvalue weighted by Gasteiger charge is -2.65. The Bertz CT molecular complexity index is 1230. The van der Waals surface area contributed by atoms with Crippen LogP contribution in [0, 0.1) is 5.41 Å². The molecule has 0 atom stereocenters. The highest BCUT2D eigenvalue weighted by atomic mass is 19.3. The van der Waals surface area contributed by atoms with Crippen molar-refractivity contribution < 1.29 is 27.2 Å². The Morgan fingerprint density at radius 2 is 1.89 bits per heavy atom. The second kappa shape index (κ2) is 10.1. The summed E-state index contributed by atoms with van der Waals surface area (Å²) in [5, 5.41) is 3.58. The van der Waals surface area contributed by atoms with Gasteiger partial charge in [-0.2, -0.15) is 13.8 Å². The molecule has 3 saturated carbocycles. The number of aryl methyl sites for hydroxylation is 1. The summed E-state index contributed by atoms with van der Waals surface area (Å²) < 4.78 is 49.3. The van der Waals surface area contributed by atoms with E-state index in [1.807, 2.05) is 31.2 Å². The monoisotopic (exact) mass is 515 g/mol. The van der Waals surface area contributed by atoms with Gasteiger partial charge in [0, 0.05) is 36.6 Å². The van der Waals surface area contributed by atoms with Crippen molar-refractivity contribution in [3.05, 3.63) is 48.4 Å². The zero-order valence-electron chi connectivity index (χ0n) is 20.5. The molecule has 3 fully saturated rings. The van der Waals surface area contributed by atoms with Crippen molar-refractivity contribution in [3.8, 4) is 17.1 Å². The van der Waals surface area contributed by atoms with Gasteiger partial charge in [-0.25, -0.2) is 14.4 Å². The summed E-state index contributed by atoms with van der Waals surface area (Å²) in [5.41, 5.74) is 0.584. The molecule has 0 aliphatic heterocycles. The summed E-state index contributed by atoms with van der Waals surface area (Å²) in [7, 11) is 0. The van der Waals surface area contributed by atoms with Crippen molar-refractivity contribution in [1.29, 1.82) is 0 Å². The Kier molecular flexibility index (Phi) is 6.87. The highest BCUT2D eigenvalue weighted by Crippen LogP contribution is 2.70. The molecule has 6 rings (SSSR count). The Balaban J connectivity index is 1.26. The van der Waals surface area contributed by atoms with Crippen LogP contribution < -0.4 is 9.64 Å². The smallest absolute Gasteiger partial charge is 0.316 e. The van der Waals surface area contributed by atoms with Crippen LogP contribution in [0.1, 0.15) is 63.6 Å². The van der Waals surface area contributed by atoms with Gasteiger partial charge in [0.1, 0.15) is 5.67 Å². The van der Waals surface area contributed by atoms with E-state index in [-0.39, 0.29) is 31.0 Å². The first-order chi connectivity index (χ1) is 17.8. The quantitative estimate of drug-likeness (QED) is 0.294. The van der Waals surface area contributed by atoms with Gasteiger partial charge in [0.05, 0.1) is 12.0 Å². The van der Waals surface area contributed by atoms with E-state index in [2.05, 4.69) is 24.6 Å². The van der Waals surface area contributed by atoms with Crippen LogP contribution in [0.4, 0.5) is 18.9 Å². The topological polar surface area (TPSA) is 94.2 Å². The van der Waals surface area contributed by atoms with Gasteiger partial charge in [-0.1, -0.05) is 23.7 Å². The third-order valence-corrected chi connectivity index (χ3v) is 7.01. The summed E-state index contributed by atoms with van der Waals surface area (Å²) in [6.07, 6.45) is 3.89. The van der Waals surface area contributed by atoms with Crippen LogP contribution in [-0.4, -0.2) is 44.8 Å². The van der Waals surface area contributed by atoms with Crippen molar-refractivity contribution in [2.45, 2.75) is 64.0 Å². The summed E-state index contributed by atoms with van der Waals surface area (Å²) >= 11 is 0. The van der Waals surface area contributed by atoms with Crippen molar-refractivity contribution in [2.75, 3.05) is 18.1 Å². The van der Waals surface area contributed by atoms with Gasteiger partial charge in [0.25, 0.3) is 5.89 Å². The number of alkyl halides is 3. The molecule has 1 aromatic carbocycles. The Hall–Kier alpha value is -3.50. The number of carbonyl (C=O) groups excluding carboxylic acids is 1. The van der Waals surface area contributed by atoms with E-state index in [1.165, 1.54) is 0 Å². The molecular formula is C26H28F3N5O3. The first-order valence-electron chi connectivity index (χ1n) is 12.5. The SMILES string of the molecule is CCOc1ncc(-c2cccc(N(CCCCCc3noc(C(F)F)n3)C(=O)C34CC(F)(C3)C4)c2)cn1. The first kappa shape index (κ1) is 25.2. The van der Waals surface area contributed by atoms with Crippen LogP contribution in [0.2, 0.25) is 0 Å². The summed E-state index contributed by atoms with van der Waals surface area (Å²) in [4.78, 5) is 27.4. The van der Waals surface area contributed by atoms with Gasteiger partial charge in [0.15, 0.2) is 5.82 Å². The number of halogens is 3. The average Bonchev–Trinajstić information content (AvgIpc) is 3.33. The van der Waals surface area contributed by atoms with Gasteiger partial charge in [-0.15, -0.1) is 0 Å². The van der Waals surface area contributed by atoms with Gasteiger partial charge in [0.2, 0.25) is 5.91 Å². The third kappa shape index (κ3) is 5.17. The number of hydrogen-bond donors (Lipinski definition) is 0. The maximum Gasteiger partial charge on any atom is 0.316 e.